The SMILES string of the molecule is CCO[C@@H]1C[C@H]2C(=O)NC3(CCC3)C(=O)N(C)[C@@H](C3CCCC3)C(=O)N(C)[C@H](C(=O)N3CCOCC3)CC(=O)N(C)[C@@H](CC3CCC(Cl)C(Cl)C3)C(=O)N[C@@H]([C@@H](C)CC)C(=O)N(C)CC(=O)N(C)[C@H]3CCCCCN(C3=O)[C@@H](CC3CCC(F)CC3)C(=O)N(C)CC(=O)N[C@@H](CCC3CC(F)C(C(F)(F)F)C(F)C3)C(=O)N2C1. The van der Waals surface area contributed by atoms with Crippen molar-refractivity contribution < 1.29 is 93.4 Å². The van der Waals surface area contributed by atoms with E-state index < -0.39 is 223 Å². The first-order chi connectivity index (χ1) is 53.5. The maximum absolute atomic E-state index is 15.9. The van der Waals surface area contributed by atoms with Crippen LogP contribution < -0.4 is 16.0 Å². The number of carbonyl (C=O) groups is 12. The van der Waals surface area contributed by atoms with Gasteiger partial charge in [-0.3, -0.25) is 57.5 Å². The minimum atomic E-state index is -5.19. The summed E-state index contributed by atoms with van der Waals surface area (Å²) >= 11 is 13.4. The topological polar surface area (TPSA) is 289 Å². The van der Waals surface area contributed by atoms with Crippen molar-refractivity contribution in [2.75, 3.05) is 101 Å². The monoisotopic (exact) mass is 1650 g/mol. The normalized spacial score (nSPS) is 34.4. The molecule has 26 nitrogen and oxygen atoms in total. The van der Waals surface area contributed by atoms with E-state index in [1.807, 2.05) is 6.92 Å². The van der Waals surface area contributed by atoms with Gasteiger partial charge in [0.2, 0.25) is 70.9 Å². The van der Waals surface area contributed by atoms with Crippen LogP contribution >= 0.6 is 23.2 Å². The van der Waals surface area contributed by atoms with Crippen molar-refractivity contribution in [3.8, 4) is 0 Å². The van der Waals surface area contributed by atoms with Crippen LogP contribution in [0.1, 0.15) is 194 Å². The van der Waals surface area contributed by atoms with Gasteiger partial charge >= 0.3 is 6.18 Å². The van der Waals surface area contributed by atoms with E-state index in [9.17, 15) is 27.2 Å². The Morgan fingerprint density at radius 2 is 1.22 bits per heavy atom. The lowest BCUT2D eigenvalue weighted by molar-refractivity contribution is -0.219. The molecule has 9 aliphatic rings. The fourth-order valence-electron chi connectivity index (χ4n) is 18.9. The second kappa shape index (κ2) is 40.2. The molecule has 9 fully saturated rings. The minimum Gasteiger partial charge on any atom is -0.378 e. The quantitative estimate of drug-likeness (QED) is 0.125. The summed E-state index contributed by atoms with van der Waals surface area (Å²) in [5.41, 5.74) is -1.68. The molecule has 4 saturated heterocycles. The Morgan fingerprint density at radius 3 is 1.83 bits per heavy atom. The fraction of sp³-hybridized carbons (Fsp3) is 0.848. The Kier molecular flexibility index (Phi) is 32.3. The average Bonchev–Trinajstić information content (AvgIpc) is 0.882. The second-order valence-electron chi connectivity index (χ2n) is 33.9. The van der Waals surface area contributed by atoms with Crippen molar-refractivity contribution in [3.05, 3.63) is 0 Å². The molecule has 0 aromatic heterocycles. The van der Waals surface area contributed by atoms with Crippen molar-refractivity contribution >= 4 is 94.1 Å². The molecule has 5 saturated carbocycles. The van der Waals surface area contributed by atoms with Crippen molar-refractivity contribution in [1.82, 2.24) is 60.0 Å². The molecule has 5 aliphatic carbocycles. The van der Waals surface area contributed by atoms with Gasteiger partial charge < -0.3 is 69.5 Å². The Bertz CT molecular complexity index is 3340. The number of nitrogens with one attached hydrogen (secondary N) is 3. The molecule has 4 aliphatic heterocycles. The van der Waals surface area contributed by atoms with E-state index in [0.717, 1.165) is 14.7 Å². The van der Waals surface area contributed by atoms with E-state index >= 15 is 56.7 Å². The Hall–Kier alpha value is -6.28. The Labute approximate surface area is 670 Å². The standard InChI is InChI=1S/C79H122Cl2F6N12O14/c1-10-46(3)67-75(109)92(5)45-65(102)93(6)58-20-13-12-16-31-98(74(58)108)62(39-47-21-25-51(82)26-22-47)72(106)91(4)44-63(100)88-57(28-24-49-37-55(83)66(56(84)38-49)79(85,86)87)71(105)99-43-52(113-11-2)41-60(99)70(104)90-78(29-17-30-78)77(111)96(9)68(50-18-14-15-19-50)76(110)95(8)61(73(107)97-32-34-112-35-33-97)42-64(101)94(7)59(69(103)89-67)40-48-23-27-53(80)54(81)36-48/h46-62,66-68H,10-45H2,1-9H3,(H,88,100)(H,89,103)(H,90,104)/t46-,47?,48?,49?,51?,52+,53?,54?,55?,56?,57-,58-,59-,60-,61-,62-,66?,67-,68-/m0/s1. The van der Waals surface area contributed by atoms with Gasteiger partial charge in [-0.1, -0.05) is 46.0 Å². The highest BCUT2D eigenvalue weighted by Crippen LogP contribution is 2.45. The number of morpholine rings is 1. The summed E-state index contributed by atoms with van der Waals surface area (Å²) in [4.78, 5) is 196. The summed E-state index contributed by atoms with van der Waals surface area (Å²) in [7, 11) is 8.34. The van der Waals surface area contributed by atoms with Crippen molar-refractivity contribution in [2.45, 2.75) is 290 Å². The van der Waals surface area contributed by atoms with Gasteiger partial charge in [-0.15, -0.1) is 23.2 Å². The predicted octanol–water partition coefficient (Wildman–Crippen LogP) is 6.86. The third-order valence-corrected chi connectivity index (χ3v) is 27.4. The molecule has 12 amide bonds. The highest BCUT2D eigenvalue weighted by Gasteiger charge is 2.56. The molecule has 5 unspecified atom stereocenters. The van der Waals surface area contributed by atoms with Gasteiger partial charge in [0.05, 0.1) is 44.2 Å². The number of likely N-dealkylation sites (N-methyl/N-ethyl adjacent to an activating group) is 6. The van der Waals surface area contributed by atoms with Crippen LogP contribution in [-0.4, -0.2) is 312 Å². The highest BCUT2D eigenvalue weighted by molar-refractivity contribution is 6.30. The highest BCUT2D eigenvalue weighted by atomic mass is 35.5. The minimum absolute atomic E-state index is 0.0221. The van der Waals surface area contributed by atoms with E-state index in [1.54, 1.807) is 13.8 Å². The van der Waals surface area contributed by atoms with Crippen LogP contribution in [0.2, 0.25) is 0 Å². The fourth-order valence-corrected chi connectivity index (χ4v) is 19.5. The molecule has 15 atom stereocenters. The molecule has 638 valence electrons. The number of hydrogen-bond acceptors (Lipinski definition) is 14. The van der Waals surface area contributed by atoms with Crippen LogP contribution in [0, 0.1) is 35.5 Å². The van der Waals surface area contributed by atoms with Gasteiger partial charge in [0, 0.05) is 86.9 Å². The third-order valence-electron chi connectivity index (χ3n) is 26.2. The Balaban J connectivity index is 1.12. The molecular weight excluding hydrogens is 1530 g/mol. The zero-order chi connectivity index (χ0) is 82.7. The van der Waals surface area contributed by atoms with E-state index in [4.69, 9.17) is 32.7 Å². The molecular formula is C79H122Cl2F6N12O14. The number of nitrogens with zero attached hydrogens (tertiary/aromatic N) is 9. The first-order valence-corrected chi connectivity index (χ1v) is 42.2. The molecule has 0 aromatic carbocycles. The van der Waals surface area contributed by atoms with Gasteiger partial charge in [0.25, 0.3) is 0 Å². The maximum atomic E-state index is 15.9. The predicted molar refractivity (Wildman–Crippen MR) is 407 cm³/mol. The lowest BCUT2D eigenvalue weighted by atomic mass is 9.74. The summed E-state index contributed by atoms with van der Waals surface area (Å²) in [5, 5.41) is 7.76. The molecule has 4 heterocycles. The van der Waals surface area contributed by atoms with Gasteiger partial charge in [0.1, 0.15) is 78.3 Å². The summed E-state index contributed by atoms with van der Waals surface area (Å²) in [6.07, 6.45) is -8.03. The van der Waals surface area contributed by atoms with Crippen molar-refractivity contribution in [2.24, 2.45) is 35.5 Å². The molecule has 3 N–H and O–H groups in total. The van der Waals surface area contributed by atoms with Crippen LogP contribution in [0.5, 0.6) is 0 Å². The largest absolute Gasteiger partial charge is 0.397 e. The zero-order valence-electron chi connectivity index (χ0n) is 67.3. The van der Waals surface area contributed by atoms with Crippen LogP contribution in [0.15, 0.2) is 0 Å². The van der Waals surface area contributed by atoms with Crippen molar-refractivity contribution in [1.29, 1.82) is 0 Å². The molecule has 1 spiro atoms. The van der Waals surface area contributed by atoms with Gasteiger partial charge in [-0.25, -0.2) is 13.2 Å². The number of ether oxygens (including phenoxy) is 2. The van der Waals surface area contributed by atoms with Gasteiger partial charge in [-0.2, -0.15) is 13.2 Å². The number of alkyl halides is 8. The molecule has 0 aromatic rings. The number of carbonyl (C=O) groups excluding carboxylic acids is 12. The lowest BCUT2D eigenvalue weighted by Crippen LogP contribution is -2.68. The second-order valence-corrected chi connectivity index (χ2v) is 35.0. The number of halogens is 8. The van der Waals surface area contributed by atoms with Gasteiger partial charge in [-0.05, 0) is 165 Å². The number of rotatable bonds is 13. The summed E-state index contributed by atoms with van der Waals surface area (Å²) in [5.74, 6) is -14.4. The zero-order valence-corrected chi connectivity index (χ0v) is 68.8. The number of amides is 12. The number of fused-ring (bicyclic) bond motifs is 3. The Morgan fingerprint density at radius 1 is 0.593 bits per heavy atom. The maximum Gasteiger partial charge on any atom is 0.397 e. The molecule has 0 radical (unpaired) electrons. The van der Waals surface area contributed by atoms with Gasteiger partial charge in [0.15, 0.2) is 0 Å². The summed E-state index contributed by atoms with van der Waals surface area (Å²) in [6, 6.07) is -11.0. The van der Waals surface area contributed by atoms with E-state index in [2.05, 4.69) is 16.0 Å². The average molecular weight is 1650 g/mol. The molecule has 9 rings (SSSR count). The van der Waals surface area contributed by atoms with Crippen molar-refractivity contribution in [3.63, 3.8) is 0 Å². The van der Waals surface area contributed by atoms with Crippen LogP contribution in [-0.2, 0) is 67.0 Å². The molecule has 2 bridgehead atoms. The third kappa shape index (κ3) is 22.1. The summed E-state index contributed by atoms with van der Waals surface area (Å²) < 4.78 is 99.6. The first kappa shape index (κ1) is 90.6. The smallest absolute Gasteiger partial charge is 0.378 e. The molecule has 113 heavy (non-hydrogen) atoms. The van der Waals surface area contributed by atoms with Crippen LogP contribution in [0.3, 0.4) is 0 Å². The van der Waals surface area contributed by atoms with E-state index in [-0.39, 0.29) is 121 Å². The summed E-state index contributed by atoms with van der Waals surface area (Å²) in [6.45, 7) is 4.24. The van der Waals surface area contributed by atoms with E-state index in [0.29, 0.717) is 89.9 Å². The first-order valence-electron chi connectivity index (χ1n) is 41.3. The van der Waals surface area contributed by atoms with Crippen LogP contribution in [0.25, 0.3) is 0 Å². The lowest BCUT2D eigenvalue weighted by Gasteiger charge is -2.47. The number of hydrogen-bond donors (Lipinski definition) is 3. The van der Waals surface area contributed by atoms with Crippen LogP contribution in [0.4, 0.5) is 26.3 Å². The van der Waals surface area contributed by atoms with E-state index in [1.165, 1.54) is 71.7 Å². The molecule has 34 heteroatoms.